The second-order valence-corrected chi connectivity index (χ2v) is 7.54. The lowest BCUT2D eigenvalue weighted by molar-refractivity contribution is -0.134. The Morgan fingerprint density at radius 2 is 2.00 bits per heavy atom. The summed E-state index contributed by atoms with van der Waals surface area (Å²) in [6, 6.07) is 5.49. The fourth-order valence-corrected chi connectivity index (χ4v) is 4.18. The fourth-order valence-electron chi connectivity index (χ4n) is 4.18. The first-order valence-corrected chi connectivity index (χ1v) is 10.1. The van der Waals surface area contributed by atoms with Crippen LogP contribution in [0, 0.1) is 0 Å². The number of hydrogen-bond donors (Lipinski definition) is 2. The molecule has 28 heavy (non-hydrogen) atoms. The van der Waals surface area contributed by atoms with Gasteiger partial charge in [-0.25, -0.2) is 0 Å². The summed E-state index contributed by atoms with van der Waals surface area (Å²) in [6.45, 7) is 1.79. The highest BCUT2D eigenvalue weighted by Gasteiger charge is 2.32. The van der Waals surface area contributed by atoms with Gasteiger partial charge in [-0.15, -0.1) is 0 Å². The minimum absolute atomic E-state index is 0.0449. The molecule has 1 atom stereocenters. The maximum Gasteiger partial charge on any atom is 0.237 e. The first-order chi connectivity index (χ1) is 13.6. The van der Waals surface area contributed by atoms with E-state index in [1.807, 2.05) is 18.2 Å². The predicted octanol–water partition coefficient (Wildman–Crippen LogP) is 1.84. The van der Waals surface area contributed by atoms with Gasteiger partial charge in [-0.3, -0.25) is 14.5 Å². The van der Waals surface area contributed by atoms with E-state index in [1.165, 1.54) is 6.42 Å². The van der Waals surface area contributed by atoms with E-state index >= 15 is 0 Å². The Morgan fingerprint density at radius 1 is 1.21 bits per heavy atom. The van der Waals surface area contributed by atoms with Crippen molar-refractivity contribution in [3.63, 3.8) is 0 Å². The molecule has 0 radical (unpaired) electrons. The van der Waals surface area contributed by atoms with Gasteiger partial charge in [0.25, 0.3) is 0 Å². The molecule has 1 aromatic rings. The Kier molecular flexibility index (Phi) is 7.14. The van der Waals surface area contributed by atoms with E-state index in [-0.39, 0.29) is 24.3 Å². The lowest BCUT2D eigenvalue weighted by Gasteiger charge is -2.35. The number of methoxy groups -OCH3 is 2. The molecule has 3 rings (SSSR count). The molecule has 2 fully saturated rings. The van der Waals surface area contributed by atoms with Crippen molar-refractivity contribution < 1.29 is 19.1 Å². The minimum atomic E-state index is -0.478. The van der Waals surface area contributed by atoms with Crippen molar-refractivity contribution in [2.45, 2.75) is 57.2 Å². The number of hydrogen-bond acceptors (Lipinski definition) is 5. The Hall–Kier alpha value is -2.28. The molecule has 1 unspecified atom stereocenters. The summed E-state index contributed by atoms with van der Waals surface area (Å²) in [7, 11) is 3.22. The van der Waals surface area contributed by atoms with E-state index in [9.17, 15) is 9.59 Å². The summed E-state index contributed by atoms with van der Waals surface area (Å²) in [5.74, 6) is 1.19. The monoisotopic (exact) mass is 389 g/mol. The van der Waals surface area contributed by atoms with Crippen molar-refractivity contribution in [1.82, 2.24) is 15.5 Å². The molecule has 1 aliphatic heterocycles. The van der Waals surface area contributed by atoms with Crippen LogP contribution in [0.25, 0.3) is 0 Å². The Morgan fingerprint density at radius 3 is 2.71 bits per heavy atom. The summed E-state index contributed by atoms with van der Waals surface area (Å²) in [5.41, 5.74) is 0.939. The highest BCUT2D eigenvalue weighted by atomic mass is 16.5. The van der Waals surface area contributed by atoms with Crippen molar-refractivity contribution in [2.75, 3.05) is 27.3 Å². The largest absolute Gasteiger partial charge is 0.493 e. The zero-order valence-electron chi connectivity index (χ0n) is 16.8. The van der Waals surface area contributed by atoms with Crippen LogP contribution in [0.2, 0.25) is 0 Å². The van der Waals surface area contributed by atoms with Crippen molar-refractivity contribution >= 4 is 11.8 Å². The van der Waals surface area contributed by atoms with Gasteiger partial charge < -0.3 is 20.1 Å². The van der Waals surface area contributed by atoms with E-state index < -0.39 is 6.04 Å². The van der Waals surface area contributed by atoms with Gasteiger partial charge in [0.1, 0.15) is 0 Å². The zero-order valence-corrected chi connectivity index (χ0v) is 16.8. The fraction of sp³-hybridized carbons (Fsp3) is 0.619. The lowest BCUT2D eigenvalue weighted by atomic mass is 9.95. The number of piperazine rings is 1. The van der Waals surface area contributed by atoms with Crippen LogP contribution in [0.4, 0.5) is 0 Å². The van der Waals surface area contributed by atoms with Gasteiger partial charge in [0.2, 0.25) is 11.8 Å². The van der Waals surface area contributed by atoms with Gasteiger partial charge in [0.05, 0.1) is 26.7 Å². The van der Waals surface area contributed by atoms with E-state index in [0.717, 1.165) is 31.2 Å². The number of nitrogens with zero attached hydrogens (tertiary/aromatic N) is 1. The molecule has 1 aromatic carbocycles. The van der Waals surface area contributed by atoms with E-state index in [1.54, 1.807) is 14.2 Å². The number of carbonyl (C=O) groups excluding carboxylic acids is 2. The molecule has 7 nitrogen and oxygen atoms in total. The molecule has 2 N–H and O–H groups in total. The first-order valence-electron chi connectivity index (χ1n) is 10.1. The van der Waals surface area contributed by atoms with Crippen molar-refractivity contribution in [2.24, 2.45) is 0 Å². The maximum atomic E-state index is 12.6. The average molecular weight is 389 g/mol. The molecule has 0 spiro atoms. The number of carbonyl (C=O) groups is 2. The molecule has 2 amide bonds. The highest BCUT2D eigenvalue weighted by Crippen LogP contribution is 2.32. The molecule has 0 aromatic heterocycles. The van der Waals surface area contributed by atoms with Crippen LogP contribution in [0.3, 0.4) is 0 Å². The Bertz CT molecular complexity index is 688. The summed E-state index contributed by atoms with van der Waals surface area (Å²) in [5, 5.41) is 6.01. The number of para-hydroxylation sites is 1. The number of ether oxygens (including phenoxy) is 2. The summed E-state index contributed by atoms with van der Waals surface area (Å²) in [4.78, 5) is 27.1. The third-order valence-electron chi connectivity index (χ3n) is 5.65. The smallest absolute Gasteiger partial charge is 0.237 e. The van der Waals surface area contributed by atoms with E-state index in [0.29, 0.717) is 31.1 Å². The number of amides is 2. The van der Waals surface area contributed by atoms with Gasteiger partial charge in [-0.2, -0.15) is 0 Å². The van der Waals surface area contributed by atoms with Crippen LogP contribution in [-0.4, -0.2) is 56.1 Å². The Labute approximate surface area is 166 Å². The van der Waals surface area contributed by atoms with Gasteiger partial charge in [-0.05, 0) is 18.9 Å². The summed E-state index contributed by atoms with van der Waals surface area (Å²) < 4.78 is 10.9. The number of rotatable bonds is 7. The number of benzene rings is 1. The minimum Gasteiger partial charge on any atom is -0.493 e. The van der Waals surface area contributed by atoms with Gasteiger partial charge >= 0.3 is 0 Å². The van der Waals surface area contributed by atoms with Gasteiger partial charge in [0.15, 0.2) is 11.5 Å². The molecule has 2 aliphatic rings. The van der Waals surface area contributed by atoms with Crippen LogP contribution in [0.15, 0.2) is 18.2 Å². The van der Waals surface area contributed by atoms with E-state index in [2.05, 4.69) is 15.5 Å². The first kappa shape index (κ1) is 20.5. The molecule has 154 valence electrons. The highest BCUT2D eigenvalue weighted by molar-refractivity contribution is 5.88. The molecule has 1 saturated heterocycles. The second kappa shape index (κ2) is 9.78. The lowest BCUT2D eigenvalue weighted by Crippen LogP contribution is -2.56. The molecule has 1 heterocycles. The Balaban J connectivity index is 1.68. The average Bonchev–Trinajstić information content (AvgIpc) is 2.71. The standard InChI is InChI=1S/C21H31N3O4/c1-27-18-10-6-7-15(20(18)28-2)14-24-12-11-22-21(26)17(24)13-19(25)23-16-8-4-3-5-9-16/h6-7,10,16-17H,3-5,8-9,11-14H2,1-2H3,(H,22,26)(H,23,25). The van der Waals surface area contributed by atoms with Crippen LogP contribution in [0.1, 0.15) is 44.1 Å². The van der Waals surface area contributed by atoms with Crippen LogP contribution in [0.5, 0.6) is 11.5 Å². The molecule has 1 saturated carbocycles. The zero-order chi connectivity index (χ0) is 19.9. The third kappa shape index (κ3) is 4.95. The molecule has 1 aliphatic carbocycles. The van der Waals surface area contributed by atoms with Crippen molar-refractivity contribution in [1.29, 1.82) is 0 Å². The van der Waals surface area contributed by atoms with Crippen molar-refractivity contribution in [3.05, 3.63) is 23.8 Å². The molecule has 7 heteroatoms. The second-order valence-electron chi connectivity index (χ2n) is 7.54. The van der Waals surface area contributed by atoms with Crippen molar-refractivity contribution in [3.8, 4) is 11.5 Å². The normalized spacial score (nSPS) is 21.1. The summed E-state index contributed by atoms with van der Waals surface area (Å²) in [6.07, 6.45) is 5.82. The van der Waals surface area contributed by atoms with Crippen LogP contribution >= 0.6 is 0 Å². The molecular weight excluding hydrogens is 358 g/mol. The predicted molar refractivity (Wildman–Crippen MR) is 106 cm³/mol. The topological polar surface area (TPSA) is 79.9 Å². The summed E-state index contributed by atoms with van der Waals surface area (Å²) >= 11 is 0. The quantitative estimate of drug-likeness (QED) is 0.744. The molecular formula is C21H31N3O4. The maximum absolute atomic E-state index is 12.6. The third-order valence-corrected chi connectivity index (χ3v) is 5.65. The SMILES string of the molecule is COc1cccc(CN2CCNC(=O)C2CC(=O)NC2CCCCC2)c1OC. The van der Waals surface area contributed by atoms with Gasteiger partial charge in [0, 0.05) is 31.2 Å². The molecule has 0 bridgehead atoms. The van der Waals surface area contributed by atoms with Crippen LogP contribution < -0.4 is 20.1 Å². The number of nitrogens with one attached hydrogen (secondary N) is 2. The van der Waals surface area contributed by atoms with Gasteiger partial charge in [-0.1, -0.05) is 31.4 Å². The van der Waals surface area contributed by atoms with Crippen LogP contribution in [-0.2, 0) is 16.1 Å². The van der Waals surface area contributed by atoms with E-state index in [4.69, 9.17) is 9.47 Å².